The summed E-state index contributed by atoms with van der Waals surface area (Å²) in [6, 6.07) is 0. The van der Waals surface area contributed by atoms with E-state index in [0.717, 1.165) is 19.3 Å². The molecule has 0 aromatic carbocycles. The van der Waals surface area contributed by atoms with Crippen LogP contribution in [0, 0.1) is 5.92 Å². The summed E-state index contributed by atoms with van der Waals surface area (Å²) in [6.45, 7) is 4.62. The van der Waals surface area contributed by atoms with E-state index in [1.165, 1.54) is 4.31 Å². The third-order valence-electron chi connectivity index (χ3n) is 2.94. The lowest BCUT2D eigenvalue weighted by atomic mass is 10.1. The Morgan fingerprint density at radius 2 is 1.88 bits per heavy atom. The lowest BCUT2D eigenvalue weighted by molar-refractivity contribution is -0.122. The summed E-state index contributed by atoms with van der Waals surface area (Å²) >= 11 is 0. The third kappa shape index (κ3) is 3.45. The molecule has 1 atom stereocenters. The molecule has 1 aliphatic heterocycles. The maximum Gasteiger partial charge on any atom is 0.303 e. The maximum absolute atomic E-state index is 11.8. The quantitative estimate of drug-likeness (QED) is 0.803. The van der Waals surface area contributed by atoms with Crippen molar-refractivity contribution in [3.05, 3.63) is 0 Å². The van der Waals surface area contributed by atoms with Crippen molar-refractivity contribution >= 4 is 16.1 Å². The molecule has 0 aliphatic carbocycles. The molecule has 0 spiro atoms. The van der Waals surface area contributed by atoms with Crippen molar-refractivity contribution in [3.63, 3.8) is 0 Å². The number of carbonyl (C=O) groups excluding carboxylic acids is 1. The topological polar surface area (TPSA) is 66.5 Å². The summed E-state index contributed by atoms with van der Waals surface area (Å²) in [6.07, 6.45) is 3.45. The molecule has 1 aliphatic rings. The van der Waals surface area contributed by atoms with E-state index in [1.807, 2.05) is 6.92 Å². The van der Waals surface area contributed by atoms with Gasteiger partial charge in [-0.25, -0.2) is 4.72 Å². The first-order valence-electron chi connectivity index (χ1n) is 5.79. The van der Waals surface area contributed by atoms with Gasteiger partial charge in [0.25, 0.3) is 0 Å². The molecule has 1 amide bonds. The average Bonchev–Trinajstić information content (AvgIpc) is 2.28. The highest BCUT2D eigenvalue weighted by Gasteiger charge is 2.26. The number of carbonyl (C=O) groups is 1. The zero-order valence-electron chi connectivity index (χ0n) is 9.90. The Balaban J connectivity index is 2.60. The van der Waals surface area contributed by atoms with Crippen LogP contribution in [0.3, 0.4) is 0 Å². The number of nitrogens with one attached hydrogen (secondary N) is 1. The zero-order valence-corrected chi connectivity index (χ0v) is 10.7. The van der Waals surface area contributed by atoms with E-state index >= 15 is 0 Å². The largest absolute Gasteiger partial charge is 0.303 e. The monoisotopic (exact) mass is 248 g/mol. The maximum atomic E-state index is 11.8. The second-order valence-corrected chi connectivity index (χ2v) is 5.91. The van der Waals surface area contributed by atoms with Gasteiger partial charge in [-0.15, -0.1) is 0 Å². The fraction of sp³-hybridized carbons (Fsp3) is 0.900. The van der Waals surface area contributed by atoms with Gasteiger partial charge in [-0.2, -0.15) is 12.7 Å². The van der Waals surface area contributed by atoms with E-state index in [4.69, 9.17) is 0 Å². The number of amides is 1. The molecular weight excluding hydrogens is 228 g/mol. The Morgan fingerprint density at radius 3 is 2.38 bits per heavy atom. The minimum absolute atomic E-state index is 0.264. The van der Waals surface area contributed by atoms with E-state index in [1.54, 1.807) is 6.92 Å². The molecule has 0 saturated carbocycles. The van der Waals surface area contributed by atoms with Crippen LogP contribution in [-0.4, -0.2) is 31.7 Å². The highest BCUT2D eigenvalue weighted by molar-refractivity contribution is 7.87. The Labute approximate surface area is 97.4 Å². The van der Waals surface area contributed by atoms with Crippen LogP contribution in [0.25, 0.3) is 0 Å². The predicted molar refractivity (Wildman–Crippen MR) is 61.9 cm³/mol. The standard InChI is InChI=1S/C10H20N2O3S/c1-3-9(2)10(13)11-16(14,15)12-7-5-4-6-8-12/h9H,3-8H2,1-2H3,(H,11,13)/t9-/m0/s1. The molecule has 1 heterocycles. The van der Waals surface area contributed by atoms with Gasteiger partial charge in [-0.3, -0.25) is 4.79 Å². The molecule has 0 aromatic rings. The van der Waals surface area contributed by atoms with Crippen LogP contribution in [0.1, 0.15) is 39.5 Å². The molecule has 1 fully saturated rings. The molecule has 16 heavy (non-hydrogen) atoms. The van der Waals surface area contributed by atoms with Gasteiger partial charge in [-0.1, -0.05) is 20.3 Å². The van der Waals surface area contributed by atoms with Crippen molar-refractivity contribution in [2.24, 2.45) is 5.92 Å². The summed E-state index contributed by atoms with van der Waals surface area (Å²) in [5.74, 6) is -0.673. The number of rotatable bonds is 4. The van der Waals surface area contributed by atoms with Crippen molar-refractivity contribution in [2.75, 3.05) is 13.1 Å². The van der Waals surface area contributed by atoms with Gasteiger partial charge < -0.3 is 0 Å². The Bertz CT molecular complexity index is 334. The van der Waals surface area contributed by atoms with Gasteiger partial charge in [0.05, 0.1) is 0 Å². The third-order valence-corrected chi connectivity index (χ3v) is 4.45. The van der Waals surface area contributed by atoms with Crippen molar-refractivity contribution in [3.8, 4) is 0 Å². The van der Waals surface area contributed by atoms with Crippen molar-refractivity contribution in [1.82, 2.24) is 9.03 Å². The van der Waals surface area contributed by atoms with Crippen molar-refractivity contribution in [2.45, 2.75) is 39.5 Å². The summed E-state index contributed by atoms with van der Waals surface area (Å²) in [5, 5.41) is 0. The Kier molecular flexibility index (Phi) is 4.73. The van der Waals surface area contributed by atoms with Crippen LogP contribution in [0.2, 0.25) is 0 Å². The van der Waals surface area contributed by atoms with E-state index in [2.05, 4.69) is 4.72 Å². The number of piperidine rings is 1. The second-order valence-electron chi connectivity index (χ2n) is 4.24. The molecular formula is C10H20N2O3S. The first kappa shape index (κ1) is 13.4. The summed E-state index contributed by atoms with van der Waals surface area (Å²) < 4.78 is 27.1. The first-order valence-corrected chi connectivity index (χ1v) is 7.23. The fourth-order valence-corrected chi connectivity index (χ4v) is 2.91. The molecule has 94 valence electrons. The van der Waals surface area contributed by atoms with E-state index in [0.29, 0.717) is 19.5 Å². The Hall–Kier alpha value is -0.620. The van der Waals surface area contributed by atoms with Gasteiger partial charge in [0, 0.05) is 19.0 Å². The zero-order chi connectivity index (χ0) is 12.2. The molecule has 1 N–H and O–H groups in total. The summed E-state index contributed by atoms with van der Waals surface area (Å²) in [5.41, 5.74) is 0. The van der Waals surface area contributed by atoms with Crippen LogP contribution in [0.4, 0.5) is 0 Å². The van der Waals surface area contributed by atoms with Gasteiger partial charge in [0.2, 0.25) is 5.91 Å². The molecule has 1 saturated heterocycles. The first-order chi connectivity index (χ1) is 7.47. The van der Waals surface area contributed by atoms with Crippen LogP contribution in [0.15, 0.2) is 0 Å². The SMILES string of the molecule is CC[C@H](C)C(=O)NS(=O)(=O)N1CCCCC1. The number of hydrogen-bond acceptors (Lipinski definition) is 3. The predicted octanol–water partition coefficient (Wildman–Crippen LogP) is 0.879. The molecule has 0 unspecified atom stereocenters. The average molecular weight is 248 g/mol. The van der Waals surface area contributed by atoms with Crippen LogP contribution in [0.5, 0.6) is 0 Å². The van der Waals surface area contributed by atoms with Crippen LogP contribution >= 0.6 is 0 Å². The van der Waals surface area contributed by atoms with E-state index < -0.39 is 16.1 Å². The van der Waals surface area contributed by atoms with E-state index in [-0.39, 0.29) is 5.92 Å². The Morgan fingerprint density at radius 1 is 1.31 bits per heavy atom. The second kappa shape index (κ2) is 5.63. The molecule has 0 aromatic heterocycles. The summed E-state index contributed by atoms with van der Waals surface area (Å²) in [4.78, 5) is 11.5. The molecule has 5 nitrogen and oxygen atoms in total. The molecule has 1 rings (SSSR count). The van der Waals surface area contributed by atoms with Crippen molar-refractivity contribution in [1.29, 1.82) is 0 Å². The summed E-state index contributed by atoms with van der Waals surface area (Å²) in [7, 11) is -3.60. The van der Waals surface area contributed by atoms with Gasteiger partial charge >= 0.3 is 10.2 Å². The number of nitrogens with zero attached hydrogens (tertiary/aromatic N) is 1. The molecule has 6 heteroatoms. The van der Waals surface area contributed by atoms with Gasteiger partial charge in [0.15, 0.2) is 0 Å². The van der Waals surface area contributed by atoms with Crippen molar-refractivity contribution < 1.29 is 13.2 Å². The molecule has 0 bridgehead atoms. The van der Waals surface area contributed by atoms with Crippen LogP contribution in [-0.2, 0) is 15.0 Å². The molecule has 0 radical (unpaired) electrons. The van der Waals surface area contributed by atoms with E-state index in [9.17, 15) is 13.2 Å². The number of hydrogen-bond donors (Lipinski definition) is 1. The smallest absolute Gasteiger partial charge is 0.274 e. The fourth-order valence-electron chi connectivity index (χ4n) is 1.58. The lowest BCUT2D eigenvalue weighted by Crippen LogP contribution is -2.46. The van der Waals surface area contributed by atoms with Gasteiger partial charge in [0.1, 0.15) is 0 Å². The van der Waals surface area contributed by atoms with Gasteiger partial charge in [-0.05, 0) is 19.3 Å². The lowest BCUT2D eigenvalue weighted by Gasteiger charge is -2.26. The van der Waals surface area contributed by atoms with Crippen LogP contribution < -0.4 is 4.72 Å². The minimum atomic E-state index is -3.60. The minimum Gasteiger partial charge on any atom is -0.274 e. The highest BCUT2D eigenvalue weighted by Crippen LogP contribution is 2.12. The normalized spacial score (nSPS) is 20.4. The highest BCUT2D eigenvalue weighted by atomic mass is 32.2.